The quantitative estimate of drug-likeness (QED) is 0.846. The Bertz CT molecular complexity index is 854. The number of piperazine rings is 1. The van der Waals surface area contributed by atoms with Crippen LogP contribution in [0.25, 0.3) is 0 Å². The van der Waals surface area contributed by atoms with Crippen LogP contribution in [0, 0.1) is 5.82 Å². The predicted molar refractivity (Wildman–Crippen MR) is 109 cm³/mol. The van der Waals surface area contributed by atoms with Crippen molar-refractivity contribution in [3.63, 3.8) is 0 Å². The van der Waals surface area contributed by atoms with Crippen molar-refractivity contribution in [2.45, 2.75) is 30.4 Å². The highest BCUT2D eigenvalue weighted by atomic mass is 32.2. The summed E-state index contributed by atoms with van der Waals surface area (Å²) in [6, 6.07) is 5.52. The van der Waals surface area contributed by atoms with E-state index in [1.165, 1.54) is 17.7 Å². The molecule has 2 N–H and O–H groups in total. The summed E-state index contributed by atoms with van der Waals surface area (Å²) >= 11 is 1.88. The number of rotatable bonds is 4. The van der Waals surface area contributed by atoms with E-state index in [0.717, 1.165) is 35.9 Å². The van der Waals surface area contributed by atoms with Crippen molar-refractivity contribution in [1.82, 2.24) is 14.9 Å². The minimum absolute atomic E-state index is 0.0548. The summed E-state index contributed by atoms with van der Waals surface area (Å²) in [6.07, 6.45) is 2.05. The van der Waals surface area contributed by atoms with E-state index in [1.807, 2.05) is 16.7 Å². The first-order valence-corrected chi connectivity index (χ1v) is 10.6. The van der Waals surface area contributed by atoms with Gasteiger partial charge in [-0.25, -0.2) is 14.4 Å². The van der Waals surface area contributed by atoms with Crippen LogP contribution in [0.3, 0.4) is 0 Å². The molecule has 2 aliphatic rings. The Balaban J connectivity index is 1.37. The Morgan fingerprint density at radius 1 is 1.25 bits per heavy atom. The zero-order valence-electron chi connectivity index (χ0n) is 15.8. The summed E-state index contributed by atoms with van der Waals surface area (Å²) in [4.78, 5) is 25.8. The number of hydrogen-bond donors (Lipinski definition) is 1. The van der Waals surface area contributed by atoms with Gasteiger partial charge >= 0.3 is 0 Å². The Morgan fingerprint density at radius 2 is 1.96 bits per heavy atom. The van der Waals surface area contributed by atoms with Crippen molar-refractivity contribution in [3.8, 4) is 0 Å². The molecule has 28 heavy (non-hydrogen) atoms. The smallest absolute Gasteiger partial charge is 0.239 e. The van der Waals surface area contributed by atoms with E-state index in [9.17, 15) is 9.18 Å². The molecule has 1 aromatic heterocycles. The molecule has 6 nitrogen and oxygen atoms in total. The standard InChI is InChI=1S/C20H24FN5OS/c1-13-18-17(11-28-13)23-12-24-19(18)25-6-8-26(9-7-25)20(27)16(22)10-14-2-4-15(21)5-3-14/h2-5,12-13,16H,6-11,22H2,1H3/t13-,16+/m0/s1. The molecule has 3 heterocycles. The van der Waals surface area contributed by atoms with Crippen molar-refractivity contribution < 1.29 is 9.18 Å². The number of hydrogen-bond acceptors (Lipinski definition) is 6. The Hall–Kier alpha value is -2.19. The molecule has 1 amide bonds. The first-order chi connectivity index (χ1) is 13.5. The summed E-state index contributed by atoms with van der Waals surface area (Å²) in [6.45, 7) is 4.90. The van der Waals surface area contributed by atoms with E-state index in [4.69, 9.17) is 5.73 Å². The Labute approximate surface area is 168 Å². The van der Waals surface area contributed by atoms with Crippen molar-refractivity contribution >= 4 is 23.5 Å². The van der Waals surface area contributed by atoms with E-state index in [0.29, 0.717) is 24.8 Å². The molecule has 0 aliphatic carbocycles. The number of benzene rings is 1. The summed E-state index contributed by atoms with van der Waals surface area (Å²) in [5.41, 5.74) is 9.36. The second-order valence-electron chi connectivity index (χ2n) is 7.26. The maximum absolute atomic E-state index is 13.0. The lowest BCUT2D eigenvalue weighted by Gasteiger charge is -2.37. The van der Waals surface area contributed by atoms with Gasteiger partial charge in [-0.15, -0.1) is 11.8 Å². The van der Waals surface area contributed by atoms with Gasteiger partial charge in [-0.05, 0) is 31.0 Å². The first kappa shape index (κ1) is 19.1. The highest BCUT2D eigenvalue weighted by Gasteiger charge is 2.30. The van der Waals surface area contributed by atoms with Gasteiger partial charge in [-0.2, -0.15) is 0 Å². The van der Waals surface area contributed by atoms with Gasteiger partial charge in [0.1, 0.15) is 18.0 Å². The number of halogens is 1. The molecule has 8 heteroatoms. The fraction of sp³-hybridized carbons (Fsp3) is 0.450. The SMILES string of the molecule is C[C@@H]1SCc2ncnc(N3CCN(C(=O)[C@H](N)Cc4ccc(F)cc4)CC3)c21. The molecule has 2 aliphatic heterocycles. The lowest BCUT2D eigenvalue weighted by molar-refractivity contribution is -0.132. The maximum atomic E-state index is 13.0. The molecule has 0 radical (unpaired) electrons. The third kappa shape index (κ3) is 3.84. The number of carbonyl (C=O) groups is 1. The van der Waals surface area contributed by atoms with Crippen LogP contribution in [-0.4, -0.2) is 53.0 Å². The summed E-state index contributed by atoms with van der Waals surface area (Å²) in [5.74, 6) is 1.60. The van der Waals surface area contributed by atoms with Gasteiger partial charge in [0.15, 0.2) is 0 Å². The van der Waals surface area contributed by atoms with Crippen LogP contribution in [0.2, 0.25) is 0 Å². The number of nitrogens with two attached hydrogens (primary N) is 1. The van der Waals surface area contributed by atoms with Gasteiger partial charge in [0.05, 0.1) is 11.7 Å². The van der Waals surface area contributed by atoms with Crippen molar-refractivity contribution in [2.75, 3.05) is 31.1 Å². The maximum Gasteiger partial charge on any atom is 0.239 e. The number of thioether (sulfide) groups is 1. The zero-order chi connectivity index (χ0) is 19.7. The van der Waals surface area contributed by atoms with E-state index in [-0.39, 0.29) is 11.7 Å². The van der Waals surface area contributed by atoms with Crippen LogP contribution in [0.4, 0.5) is 10.2 Å². The van der Waals surface area contributed by atoms with E-state index < -0.39 is 6.04 Å². The number of carbonyl (C=O) groups excluding carboxylic acids is 1. The van der Waals surface area contributed by atoms with Crippen LogP contribution in [0.15, 0.2) is 30.6 Å². The number of fused-ring (bicyclic) bond motifs is 1. The van der Waals surface area contributed by atoms with Crippen molar-refractivity contribution in [1.29, 1.82) is 0 Å². The highest BCUT2D eigenvalue weighted by Crippen LogP contribution is 2.44. The van der Waals surface area contributed by atoms with Crippen LogP contribution in [0.5, 0.6) is 0 Å². The predicted octanol–water partition coefficient (Wildman–Crippen LogP) is 2.14. The van der Waals surface area contributed by atoms with Crippen molar-refractivity contribution in [2.24, 2.45) is 5.73 Å². The molecular weight excluding hydrogens is 377 g/mol. The fourth-order valence-electron chi connectivity index (χ4n) is 3.83. The summed E-state index contributed by atoms with van der Waals surface area (Å²) < 4.78 is 13.0. The second-order valence-corrected chi connectivity index (χ2v) is 8.59. The normalized spacial score (nSPS) is 20.2. The third-order valence-electron chi connectivity index (χ3n) is 5.40. The van der Waals surface area contributed by atoms with Gasteiger partial charge in [-0.1, -0.05) is 12.1 Å². The van der Waals surface area contributed by atoms with Gasteiger partial charge in [0, 0.05) is 42.7 Å². The van der Waals surface area contributed by atoms with Gasteiger partial charge in [0.2, 0.25) is 5.91 Å². The van der Waals surface area contributed by atoms with E-state index in [1.54, 1.807) is 18.5 Å². The van der Waals surface area contributed by atoms with Crippen LogP contribution >= 0.6 is 11.8 Å². The van der Waals surface area contributed by atoms with Crippen LogP contribution in [-0.2, 0) is 17.0 Å². The molecule has 2 atom stereocenters. The lowest BCUT2D eigenvalue weighted by Crippen LogP contribution is -2.54. The lowest BCUT2D eigenvalue weighted by atomic mass is 10.0. The summed E-state index contributed by atoms with van der Waals surface area (Å²) in [7, 11) is 0. The van der Waals surface area contributed by atoms with Gasteiger partial charge in [0.25, 0.3) is 0 Å². The molecule has 0 spiro atoms. The van der Waals surface area contributed by atoms with E-state index in [2.05, 4.69) is 21.8 Å². The highest BCUT2D eigenvalue weighted by molar-refractivity contribution is 7.99. The number of nitrogens with zero attached hydrogens (tertiary/aromatic N) is 4. The number of aromatic nitrogens is 2. The Morgan fingerprint density at radius 3 is 2.68 bits per heavy atom. The van der Waals surface area contributed by atoms with Crippen LogP contribution < -0.4 is 10.6 Å². The fourth-order valence-corrected chi connectivity index (χ4v) is 4.87. The minimum Gasteiger partial charge on any atom is -0.353 e. The largest absolute Gasteiger partial charge is 0.353 e. The topological polar surface area (TPSA) is 75.4 Å². The zero-order valence-corrected chi connectivity index (χ0v) is 16.7. The first-order valence-electron chi connectivity index (χ1n) is 9.52. The number of amides is 1. The third-order valence-corrected chi connectivity index (χ3v) is 6.57. The molecule has 1 aromatic carbocycles. The molecule has 0 bridgehead atoms. The van der Waals surface area contributed by atoms with E-state index >= 15 is 0 Å². The van der Waals surface area contributed by atoms with Crippen molar-refractivity contribution in [3.05, 3.63) is 53.2 Å². The molecular formula is C20H24FN5OS. The summed E-state index contributed by atoms with van der Waals surface area (Å²) in [5, 5.41) is 0.398. The second kappa shape index (κ2) is 8.05. The monoisotopic (exact) mass is 401 g/mol. The minimum atomic E-state index is -0.614. The molecule has 0 unspecified atom stereocenters. The molecule has 2 aromatic rings. The average Bonchev–Trinajstić information content (AvgIpc) is 3.10. The molecule has 1 fully saturated rings. The Kier molecular flexibility index (Phi) is 5.50. The molecule has 148 valence electrons. The van der Waals surface area contributed by atoms with Crippen LogP contribution in [0.1, 0.15) is 29.0 Å². The van der Waals surface area contributed by atoms with Gasteiger partial charge < -0.3 is 15.5 Å². The molecule has 1 saturated heterocycles. The average molecular weight is 402 g/mol. The molecule has 4 rings (SSSR count). The number of anilines is 1. The molecule has 0 saturated carbocycles. The van der Waals surface area contributed by atoms with Gasteiger partial charge in [-0.3, -0.25) is 4.79 Å².